The number of nitrogens with two attached hydrogens (primary N) is 1. The Labute approximate surface area is 207 Å². The average molecular weight is 483 g/mol. The maximum absolute atomic E-state index is 12.6. The zero-order valence-corrected chi connectivity index (χ0v) is 20.6. The number of pyridine rings is 1. The minimum atomic E-state index is -0.331. The Kier molecular flexibility index (Phi) is 10.8. The van der Waals surface area contributed by atoms with Gasteiger partial charge in [0.05, 0.1) is 30.6 Å². The number of benzene rings is 1. The number of anilines is 2. The fourth-order valence-electron chi connectivity index (χ4n) is 4.00. The minimum Gasteiger partial charge on any atom is -0.397 e. The lowest BCUT2D eigenvalue weighted by Gasteiger charge is -2.26. The third kappa shape index (κ3) is 8.84. The summed E-state index contributed by atoms with van der Waals surface area (Å²) in [4.78, 5) is 31.7. The molecule has 190 valence electrons. The molecule has 0 saturated carbocycles. The van der Waals surface area contributed by atoms with E-state index in [0.717, 1.165) is 70.5 Å². The third-order valence-electron chi connectivity index (χ3n) is 6.04. The number of ether oxygens (including phenoxy) is 1. The largest absolute Gasteiger partial charge is 0.397 e. The summed E-state index contributed by atoms with van der Waals surface area (Å²) in [6.07, 6.45) is 6.53. The standard InChI is InChI=1S/C26H38N6O3/c1-2-13-28-26(34)31-22(9-4-3-7-14-32-15-17-35-18-16-32)20-11-12-24(29-19-20)25(33)30-23-10-6-5-8-21(23)27/h5-6,8,10-12,19,22H,2-4,7,9,13-18,27H2,1H3,(H,30,33)(H2,28,31,34). The Morgan fingerprint density at radius 1 is 1.11 bits per heavy atom. The Bertz CT molecular complexity index is 931. The number of carbonyl (C=O) groups is 2. The molecule has 1 fully saturated rings. The normalized spacial score (nSPS) is 14.8. The predicted molar refractivity (Wildman–Crippen MR) is 138 cm³/mol. The van der Waals surface area contributed by atoms with E-state index in [9.17, 15) is 9.59 Å². The molecule has 3 rings (SSSR count). The molecule has 1 aliphatic rings. The van der Waals surface area contributed by atoms with E-state index in [-0.39, 0.29) is 23.7 Å². The van der Waals surface area contributed by atoms with Crippen LogP contribution in [0.5, 0.6) is 0 Å². The summed E-state index contributed by atoms with van der Waals surface area (Å²) in [5.41, 5.74) is 8.12. The first-order chi connectivity index (χ1) is 17.1. The maximum atomic E-state index is 12.6. The van der Waals surface area contributed by atoms with Crippen LogP contribution in [0.2, 0.25) is 0 Å². The second kappa shape index (κ2) is 14.3. The van der Waals surface area contributed by atoms with Crippen LogP contribution in [0.25, 0.3) is 0 Å². The topological polar surface area (TPSA) is 122 Å². The first kappa shape index (κ1) is 26.4. The minimum absolute atomic E-state index is 0.176. The van der Waals surface area contributed by atoms with Gasteiger partial charge in [-0.15, -0.1) is 0 Å². The number of hydrogen-bond donors (Lipinski definition) is 4. The van der Waals surface area contributed by atoms with E-state index in [1.807, 2.05) is 25.1 Å². The Hall–Kier alpha value is -3.17. The molecule has 9 nitrogen and oxygen atoms in total. The van der Waals surface area contributed by atoms with Gasteiger partial charge >= 0.3 is 6.03 Å². The van der Waals surface area contributed by atoms with Crippen molar-refractivity contribution in [3.63, 3.8) is 0 Å². The molecule has 0 aliphatic carbocycles. The molecule has 1 aromatic carbocycles. The summed E-state index contributed by atoms with van der Waals surface area (Å²) in [5, 5.41) is 8.73. The zero-order chi connectivity index (χ0) is 24.9. The van der Waals surface area contributed by atoms with Crippen LogP contribution in [0.4, 0.5) is 16.2 Å². The molecule has 1 atom stereocenters. The number of para-hydroxylation sites is 2. The monoisotopic (exact) mass is 482 g/mol. The van der Waals surface area contributed by atoms with Crippen LogP contribution in [-0.2, 0) is 4.74 Å². The van der Waals surface area contributed by atoms with Gasteiger partial charge in [0.2, 0.25) is 0 Å². The first-order valence-corrected chi connectivity index (χ1v) is 12.5. The second-order valence-electron chi connectivity index (χ2n) is 8.77. The molecule has 1 aliphatic heterocycles. The van der Waals surface area contributed by atoms with Crippen LogP contribution >= 0.6 is 0 Å². The third-order valence-corrected chi connectivity index (χ3v) is 6.04. The highest BCUT2D eigenvalue weighted by Gasteiger charge is 2.17. The molecule has 2 aromatic rings. The van der Waals surface area contributed by atoms with Crippen LogP contribution in [0, 0.1) is 0 Å². The average Bonchev–Trinajstić information content (AvgIpc) is 2.88. The number of rotatable bonds is 12. The summed E-state index contributed by atoms with van der Waals surface area (Å²) in [6, 6.07) is 10.3. The Morgan fingerprint density at radius 3 is 2.63 bits per heavy atom. The molecule has 1 unspecified atom stereocenters. The van der Waals surface area contributed by atoms with Crippen molar-refractivity contribution in [1.29, 1.82) is 0 Å². The van der Waals surface area contributed by atoms with E-state index in [4.69, 9.17) is 10.5 Å². The molecular formula is C26H38N6O3. The molecule has 0 radical (unpaired) electrons. The van der Waals surface area contributed by atoms with Gasteiger partial charge in [-0.3, -0.25) is 14.7 Å². The molecule has 1 saturated heterocycles. The van der Waals surface area contributed by atoms with Crippen molar-refractivity contribution in [1.82, 2.24) is 20.5 Å². The van der Waals surface area contributed by atoms with E-state index >= 15 is 0 Å². The molecule has 3 amide bonds. The van der Waals surface area contributed by atoms with Gasteiger partial charge in [0.15, 0.2) is 0 Å². The SMILES string of the molecule is CCCNC(=O)NC(CCCCCN1CCOCC1)c1ccc(C(=O)Nc2ccccc2N)nc1. The molecular weight excluding hydrogens is 444 g/mol. The molecule has 35 heavy (non-hydrogen) atoms. The zero-order valence-electron chi connectivity index (χ0n) is 20.6. The van der Waals surface area contributed by atoms with E-state index in [1.54, 1.807) is 24.4 Å². The van der Waals surface area contributed by atoms with E-state index in [2.05, 4.69) is 25.8 Å². The fraction of sp³-hybridized carbons (Fsp3) is 0.500. The number of amides is 3. The van der Waals surface area contributed by atoms with Gasteiger partial charge in [0, 0.05) is 25.8 Å². The lowest BCUT2D eigenvalue weighted by Crippen LogP contribution is -2.38. The number of urea groups is 1. The van der Waals surface area contributed by atoms with E-state index in [1.165, 1.54) is 0 Å². The lowest BCUT2D eigenvalue weighted by atomic mass is 10.0. The number of nitrogens with one attached hydrogen (secondary N) is 3. The number of nitrogens with zero attached hydrogens (tertiary/aromatic N) is 2. The Morgan fingerprint density at radius 2 is 1.91 bits per heavy atom. The van der Waals surface area contributed by atoms with E-state index in [0.29, 0.717) is 17.9 Å². The van der Waals surface area contributed by atoms with Crippen LogP contribution in [0.1, 0.15) is 61.1 Å². The van der Waals surface area contributed by atoms with Crippen molar-refractivity contribution in [2.75, 3.05) is 50.4 Å². The smallest absolute Gasteiger partial charge is 0.315 e. The molecule has 9 heteroatoms. The van der Waals surface area contributed by atoms with Gasteiger partial charge in [-0.25, -0.2) is 4.79 Å². The summed E-state index contributed by atoms with van der Waals surface area (Å²) < 4.78 is 5.41. The van der Waals surface area contributed by atoms with Gasteiger partial charge < -0.3 is 26.4 Å². The summed E-state index contributed by atoms with van der Waals surface area (Å²) in [5.74, 6) is -0.331. The highest BCUT2D eigenvalue weighted by molar-refractivity contribution is 6.04. The number of nitrogen functional groups attached to an aromatic ring is 1. The fourth-order valence-corrected chi connectivity index (χ4v) is 4.00. The molecule has 5 N–H and O–H groups in total. The first-order valence-electron chi connectivity index (χ1n) is 12.5. The van der Waals surface area contributed by atoms with Gasteiger partial charge in [0.1, 0.15) is 5.69 Å². The van der Waals surface area contributed by atoms with Crippen molar-refractivity contribution < 1.29 is 14.3 Å². The number of carbonyl (C=O) groups excluding carboxylic acids is 2. The number of unbranched alkanes of at least 4 members (excludes halogenated alkanes) is 2. The maximum Gasteiger partial charge on any atom is 0.315 e. The van der Waals surface area contributed by atoms with Crippen LogP contribution in [-0.4, -0.2) is 61.2 Å². The Balaban J connectivity index is 1.56. The highest BCUT2D eigenvalue weighted by Crippen LogP contribution is 2.21. The van der Waals surface area contributed by atoms with Crippen molar-refractivity contribution in [2.24, 2.45) is 0 Å². The molecule has 1 aromatic heterocycles. The lowest BCUT2D eigenvalue weighted by molar-refractivity contribution is 0.0371. The highest BCUT2D eigenvalue weighted by atomic mass is 16.5. The van der Waals surface area contributed by atoms with Crippen LogP contribution in [0.15, 0.2) is 42.6 Å². The molecule has 0 bridgehead atoms. The van der Waals surface area contributed by atoms with Crippen molar-refractivity contribution in [2.45, 2.75) is 45.1 Å². The van der Waals surface area contributed by atoms with Crippen LogP contribution in [0.3, 0.4) is 0 Å². The quantitative estimate of drug-likeness (QED) is 0.271. The van der Waals surface area contributed by atoms with Gasteiger partial charge in [-0.2, -0.15) is 0 Å². The number of hydrogen-bond acceptors (Lipinski definition) is 6. The summed E-state index contributed by atoms with van der Waals surface area (Å²) in [6.45, 7) is 7.36. The van der Waals surface area contributed by atoms with Crippen LogP contribution < -0.4 is 21.7 Å². The summed E-state index contributed by atoms with van der Waals surface area (Å²) >= 11 is 0. The van der Waals surface area contributed by atoms with Crippen molar-refractivity contribution in [3.05, 3.63) is 53.9 Å². The summed E-state index contributed by atoms with van der Waals surface area (Å²) in [7, 11) is 0. The number of aromatic nitrogens is 1. The van der Waals surface area contributed by atoms with E-state index < -0.39 is 0 Å². The number of morpholine rings is 1. The van der Waals surface area contributed by atoms with Crippen molar-refractivity contribution in [3.8, 4) is 0 Å². The van der Waals surface area contributed by atoms with Gasteiger partial charge in [-0.1, -0.05) is 38.0 Å². The second-order valence-corrected chi connectivity index (χ2v) is 8.77. The molecule has 0 spiro atoms. The molecule has 2 heterocycles. The predicted octanol–water partition coefficient (Wildman–Crippen LogP) is 3.56. The van der Waals surface area contributed by atoms with Gasteiger partial charge in [0.25, 0.3) is 5.91 Å². The van der Waals surface area contributed by atoms with Crippen molar-refractivity contribution >= 4 is 23.3 Å². The van der Waals surface area contributed by atoms with Gasteiger partial charge in [-0.05, 0) is 49.6 Å².